The van der Waals surface area contributed by atoms with E-state index in [1.165, 1.54) is 19.4 Å². The Morgan fingerprint density at radius 1 is 1.19 bits per heavy atom. The number of halogens is 1. The minimum absolute atomic E-state index is 0.123. The molecule has 9 heteroatoms. The average Bonchev–Trinajstić information content (AvgIpc) is 2.66. The smallest absolute Gasteiger partial charge is 0.325 e. The second-order valence-corrected chi connectivity index (χ2v) is 5.32. The Bertz CT molecular complexity index is 812. The van der Waals surface area contributed by atoms with Crippen molar-refractivity contribution >= 4 is 35.1 Å². The highest BCUT2D eigenvalue weighted by atomic mass is 35.5. The predicted octanol–water partition coefficient (Wildman–Crippen LogP) is 1.66. The summed E-state index contributed by atoms with van der Waals surface area (Å²) in [7, 11) is 1.48. The van der Waals surface area contributed by atoms with Crippen molar-refractivity contribution in [2.24, 2.45) is 0 Å². The van der Waals surface area contributed by atoms with Crippen molar-refractivity contribution < 1.29 is 23.9 Å². The van der Waals surface area contributed by atoms with Crippen molar-refractivity contribution in [2.45, 2.75) is 0 Å². The van der Waals surface area contributed by atoms with Crippen molar-refractivity contribution in [1.82, 2.24) is 10.3 Å². The molecule has 0 aliphatic heterocycles. The molecule has 0 aliphatic carbocycles. The van der Waals surface area contributed by atoms with Crippen molar-refractivity contribution in [3.05, 3.63) is 53.3 Å². The summed E-state index contributed by atoms with van der Waals surface area (Å²) in [5.41, 5.74) is 0.641. The number of amides is 2. The Balaban J connectivity index is 1.75. The summed E-state index contributed by atoms with van der Waals surface area (Å²) in [5.74, 6) is -1.28. The van der Waals surface area contributed by atoms with Gasteiger partial charge < -0.3 is 20.1 Å². The van der Waals surface area contributed by atoms with E-state index >= 15 is 0 Å². The van der Waals surface area contributed by atoms with Crippen LogP contribution in [0.5, 0.6) is 5.75 Å². The Hall–Kier alpha value is -3.13. The first-order valence-corrected chi connectivity index (χ1v) is 7.85. The summed E-state index contributed by atoms with van der Waals surface area (Å²) in [5, 5.41) is 4.98. The average molecular weight is 378 g/mol. The lowest BCUT2D eigenvalue weighted by molar-refractivity contribution is -0.146. The molecule has 2 aromatic rings. The van der Waals surface area contributed by atoms with E-state index in [9.17, 15) is 14.4 Å². The molecule has 0 aliphatic rings. The summed E-state index contributed by atoms with van der Waals surface area (Å²) in [6.45, 7) is -0.893. The molecule has 0 radical (unpaired) electrons. The lowest BCUT2D eigenvalue weighted by Crippen LogP contribution is -2.32. The fourth-order valence-corrected chi connectivity index (χ4v) is 2.05. The van der Waals surface area contributed by atoms with E-state index in [1.807, 2.05) is 0 Å². The molecular weight excluding hydrogens is 362 g/mol. The molecule has 136 valence electrons. The summed E-state index contributed by atoms with van der Waals surface area (Å²) >= 11 is 5.81. The summed E-state index contributed by atoms with van der Waals surface area (Å²) in [6, 6.07) is 9.61. The normalized spacial score (nSPS) is 9.92. The number of rotatable bonds is 7. The Labute approximate surface area is 154 Å². The molecule has 0 atom stereocenters. The number of hydrogen-bond donors (Lipinski definition) is 2. The zero-order valence-electron chi connectivity index (χ0n) is 13.8. The van der Waals surface area contributed by atoms with E-state index in [0.717, 1.165) is 0 Å². The molecule has 2 N–H and O–H groups in total. The van der Waals surface area contributed by atoms with E-state index in [0.29, 0.717) is 17.0 Å². The number of esters is 1. The number of pyridine rings is 1. The van der Waals surface area contributed by atoms with E-state index in [-0.39, 0.29) is 11.7 Å². The maximum atomic E-state index is 12.0. The maximum absolute atomic E-state index is 12.0. The first kappa shape index (κ1) is 19.2. The van der Waals surface area contributed by atoms with Gasteiger partial charge in [-0.1, -0.05) is 17.7 Å². The first-order chi connectivity index (χ1) is 12.5. The van der Waals surface area contributed by atoms with Gasteiger partial charge in [-0.25, -0.2) is 4.98 Å². The molecule has 0 bridgehead atoms. The molecule has 0 fully saturated rings. The number of carbonyl (C=O) groups excluding carboxylic acids is 3. The molecular formula is C17H16ClN3O5. The first-order valence-electron chi connectivity index (χ1n) is 7.48. The zero-order chi connectivity index (χ0) is 18.9. The molecule has 8 nitrogen and oxygen atoms in total. The van der Waals surface area contributed by atoms with Gasteiger partial charge in [0.2, 0.25) is 0 Å². The van der Waals surface area contributed by atoms with Crippen LogP contribution in [0.15, 0.2) is 42.6 Å². The van der Waals surface area contributed by atoms with Crippen molar-refractivity contribution in [3.8, 4) is 5.75 Å². The molecule has 0 unspecified atom stereocenters. The van der Waals surface area contributed by atoms with Crippen LogP contribution in [0.4, 0.5) is 5.69 Å². The van der Waals surface area contributed by atoms with Gasteiger partial charge in [-0.3, -0.25) is 14.4 Å². The molecule has 2 amide bonds. The number of anilines is 1. The third-order valence-corrected chi connectivity index (χ3v) is 3.42. The molecule has 0 spiro atoms. The highest BCUT2D eigenvalue weighted by molar-refractivity contribution is 6.32. The molecule has 1 aromatic heterocycles. The van der Waals surface area contributed by atoms with Crippen molar-refractivity contribution in [2.75, 3.05) is 25.6 Å². The fourth-order valence-electron chi connectivity index (χ4n) is 1.88. The van der Waals surface area contributed by atoms with E-state index in [1.54, 1.807) is 30.3 Å². The second-order valence-electron chi connectivity index (χ2n) is 4.97. The summed E-state index contributed by atoms with van der Waals surface area (Å²) < 4.78 is 9.82. The minimum atomic E-state index is -0.756. The van der Waals surface area contributed by atoms with Crippen LogP contribution in [0.1, 0.15) is 10.4 Å². The number of nitrogens with zero attached hydrogens (tertiary/aromatic N) is 1. The number of methoxy groups -OCH3 is 1. The van der Waals surface area contributed by atoms with Crippen molar-refractivity contribution in [1.29, 1.82) is 0 Å². The van der Waals surface area contributed by atoms with Gasteiger partial charge in [0.05, 0.1) is 12.8 Å². The van der Waals surface area contributed by atoms with Gasteiger partial charge in [-0.05, 0) is 30.3 Å². The minimum Gasteiger partial charge on any atom is -0.497 e. The van der Waals surface area contributed by atoms with E-state index in [2.05, 4.69) is 15.6 Å². The van der Waals surface area contributed by atoms with Crippen LogP contribution in [0.3, 0.4) is 0 Å². The van der Waals surface area contributed by atoms with Crippen LogP contribution < -0.4 is 15.4 Å². The lowest BCUT2D eigenvalue weighted by Gasteiger charge is -2.08. The van der Waals surface area contributed by atoms with Crippen LogP contribution in [0.2, 0.25) is 5.15 Å². The predicted molar refractivity (Wildman–Crippen MR) is 94.2 cm³/mol. The third kappa shape index (κ3) is 5.75. The fraction of sp³-hybridized carbons (Fsp3) is 0.176. The maximum Gasteiger partial charge on any atom is 0.325 e. The SMILES string of the molecule is COc1cccc(C(=O)NCC(=O)OCC(=O)Nc2cccnc2Cl)c1. The van der Waals surface area contributed by atoms with Crippen LogP contribution >= 0.6 is 11.6 Å². The largest absolute Gasteiger partial charge is 0.497 e. The third-order valence-electron chi connectivity index (χ3n) is 3.12. The molecule has 1 heterocycles. The topological polar surface area (TPSA) is 107 Å². The van der Waals surface area contributed by atoms with E-state index in [4.69, 9.17) is 21.1 Å². The molecule has 1 aromatic carbocycles. The van der Waals surface area contributed by atoms with Gasteiger partial charge in [-0.2, -0.15) is 0 Å². The molecule has 0 saturated carbocycles. The van der Waals surface area contributed by atoms with Gasteiger partial charge in [-0.15, -0.1) is 0 Å². The summed E-state index contributed by atoms with van der Waals surface area (Å²) in [4.78, 5) is 39.1. The number of ether oxygens (including phenoxy) is 2. The Kier molecular flexibility index (Phi) is 6.92. The zero-order valence-corrected chi connectivity index (χ0v) is 14.6. The number of nitrogens with one attached hydrogen (secondary N) is 2. The lowest BCUT2D eigenvalue weighted by atomic mass is 10.2. The van der Waals surface area contributed by atoms with Gasteiger partial charge in [0.1, 0.15) is 12.3 Å². The van der Waals surface area contributed by atoms with Gasteiger partial charge >= 0.3 is 5.97 Å². The number of carbonyl (C=O) groups is 3. The molecule has 26 heavy (non-hydrogen) atoms. The van der Waals surface area contributed by atoms with Crippen LogP contribution in [0, 0.1) is 0 Å². The Morgan fingerprint density at radius 2 is 2.00 bits per heavy atom. The van der Waals surface area contributed by atoms with Crippen LogP contribution in [-0.4, -0.2) is 43.0 Å². The molecule has 2 rings (SSSR count). The quantitative estimate of drug-likeness (QED) is 0.561. The van der Waals surface area contributed by atoms with Gasteiger partial charge in [0.25, 0.3) is 11.8 Å². The summed E-state index contributed by atoms with van der Waals surface area (Å²) in [6.07, 6.45) is 1.48. The monoisotopic (exact) mass is 377 g/mol. The highest BCUT2D eigenvalue weighted by Gasteiger charge is 2.12. The van der Waals surface area contributed by atoms with Gasteiger partial charge in [0.15, 0.2) is 11.8 Å². The van der Waals surface area contributed by atoms with E-state index < -0.39 is 24.4 Å². The van der Waals surface area contributed by atoms with Crippen LogP contribution in [-0.2, 0) is 14.3 Å². The standard InChI is InChI=1S/C17H16ClN3O5/c1-25-12-5-2-4-11(8-12)17(24)20-9-15(23)26-10-14(22)21-13-6-3-7-19-16(13)18/h2-8H,9-10H2,1H3,(H,20,24)(H,21,22). The second kappa shape index (κ2) is 9.38. The van der Waals surface area contributed by atoms with Gasteiger partial charge in [0, 0.05) is 11.8 Å². The van der Waals surface area contributed by atoms with Crippen molar-refractivity contribution in [3.63, 3.8) is 0 Å². The molecule has 0 saturated heterocycles. The highest BCUT2D eigenvalue weighted by Crippen LogP contribution is 2.17. The Morgan fingerprint density at radius 3 is 2.73 bits per heavy atom. The number of hydrogen-bond acceptors (Lipinski definition) is 6. The number of aromatic nitrogens is 1. The number of benzene rings is 1. The van der Waals surface area contributed by atoms with Crippen LogP contribution in [0.25, 0.3) is 0 Å².